The van der Waals surface area contributed by atoms with E-state index in [2.05, 4.69) is 11.4 Å². The van der Waals surface area contributed by atoms with Gasteiger partial charge in [-0.1, -0.05) is 24.3 Å². The van der Waals surface area contributed by atoms with Crippen LogP contribution in [0.4, 0.5) is 0 Å². The lowest BCUT2D eigenvalue weighted by molar-refractivity contribution is 0.0709. The number of fused-ring (bicyclic) bond motifs is 1. The highest BCUT2D eigenvalue weighted by Crippen LogP contribution is 2.29. The van der Waals surface area contributed by atoms with Gasteiger partial charge in [0.25, 0.3) is 5.91 Å². The molecule has 1 N–H and O–H groups in total. The van der Waals surface area contributed by atoms with Crippen molar-refractivity contribution in [1.29, 1.82) is 0 Å². The van der Waals surface area contributed by atoms with Crippen molar-refractivity contribution in [3.63, 3.8) is 0 Å². The first-order valence-electron chi connectivity index (χ1n) is 8.66. The number of para-hydroxylation sites is 1. The van der Waals surface area contributed by atoms with Crippen LogP contribution >= 0.6 is 36.2 Å². The summed E-state index contributed by atoms with van der Waals surface area (Å²) in [6, 6.07) is 14.5. The van der Waals surface area contributed by atoms with Crippen LogP contribution in [0.25, 0.3) is 21.5 Å². The number of rotatable bonds is 3. The number of likely N-dealkylation sites (tertiary alicyclic amines) is 1. The second kappa shape index (κ2) is 9.51. The summed E-state index contributed by atoms with van der Waals surface area (Å²) in [7, 11) is 1.99. The molecule has 0 atom stereocenters. The van der Waals surface area contributed by atoms with Crippen LogP contribution in [0.5, 0.6) is 0 Å². The molecule has 1 aliphatic rings. The highest BCUT2D eigenvalue weighted by Gasteiger charge is 2.24. The molecule has 3 heterocycles. The molecule has 1 aliphatic heterocycles. The van der Waals surface area contributed by atoms with Gasteiger partial charge in [-0.05, 0) is 43.5 Å². The van der Waals surface area contributed by atoms with Crippen molar-refractivity contribution in [2.45, 2.75) is 18.9 Å². The number of nitrogens with zero attached hydrogens (tertiary/aromatic N) is 2. The molecule has 0 radical (unpaired) electrons. The van der Waals surface area contributed by atoms with Crippen LogP contribution in [0.3, 0.4) is 0 Å². The Balaban J connectivity index is 0.00000131. The fraction of sp³-hybridized carbons (Fsp3) is 0.300. The highest BCUT2D eigenvalue weighted by atomic mass is 35.5. The van der Waals surface area contributed by atoms with E-state index < -0.39 is 0 Å². The number of thiophene rings is 1. The molecule has 4 rings (SSSR count). The van der Waals surface area contributed by atoms with E-state index in [1.165, 1.54) is 0 Å². The third-order valence-electron chi connectivity index (χ3n) is 4.91. The molecule has 0 spiro atoms. The van der Waals surface area contributed by atoms with E-state index in [9.17, 15) is 4.79 Å². The number of halogens is 2. The minimum atomic E-state index is 0. The number of hydrogen-bond acceptors (Lipinski definition) is 4. The standard InChI is InChI=1S/C20H21N3OS.2ClH/c1-21-14-8-10-23(11-9-14)20(24)16-13-18(19-7-4-12-25-19)22-17-6-3-2-5-15(16)17;;/h2-7,12-14,21H,8-11H2,1H3;2*1H. The number of aromatic nitrogens is 1. The van der Waals surface area contributed by atoms with Crippen molar-refractivity contribution in [2.75, 3.05) is 20.1 Å². The number of piperidine rings is 1. The molecule has 27 heavy (non-hydrogen) atoms. The van der Waals surface area contributed by atoms with E-state index in [4.69, 9.17) is 4.98 Å². The van der Waals surface area contributed by atoms with E-state index in [0.717, 1.165) is 53.0 Å². The fourth-order valence-electron chi connectivity index (χ4n) is 3.44. The first kappa shape index (κ1) is 21.6. The van der Waals surface area contributed by atoms with Crippen LogP contribution in [0.1, 0.15) is 23.2 Å². The maximum Gasteiger partial charge on any atom is 0.254 e. The summed E-state index contributed by atoms with van der Waals surface area (Å²) in [5, 5.41) is 6.29. The zero-order chi connectivity index (χ0) is 17.2. The summed E-state index contributed by atoms with van der Waals surface area (Å²) in [4.78, 5) is 21.0. The molecule has 144 valence electrons. The molecule has 0 saturated carbocycles. The van der Waals surface area contributed by atoms with Crippen LogP contribution in [-0.2, 0) is 0 Å². The van der Waals surface area contributed by atoms with Gasteiger partial charge in [0.2, 0.25) is 0 Å². The lowest BCUT2D eigenvalue weighted by Gasteiger charge is -2.32. The number of amides is 1. The Morgan fingerprint density at radius 2 is 1.89 bits per heavy atom. The average Bonchev–Trinajstić information content (AvgIpc) is 3.21. The van der Waals surface area contributed by atoms with Crippen LogP contribution < -0.4 is 5.32 Å². The monoisotopic (exact) mass is 423 g/mol. The predicted octanol–water partition coefficient (Wildman–Crippen LogP) is 4.63. The lowest BCUT2D eigenvalue weighted by Crippen LogP contribution is -2.44. The molecule has 0 aliphatic carbocycles. The molecular formula is C20H23Cl2N3OS. The molecule has 1 aromatic carbocycles. The molecule has 3 aromatic rings. The van der Waals surface area contributed by atoms with Gasteiger partial charge in [0.05, 0.1) is 21.7 Å². The summed E-state index contributed by atoms with van der Waals surface area (Å²) in [6.45, 7) is 1.60. The lowest BCUT2D eigenvalue weighted by atomic mass is 10.0. The van der Waals surface area contributed by atoms with Crippen molar-refractivity contribution in [3.8, 4) is 10.6 Å². The van der Waals surface area contributed by atoms with Crippen LogP contribution in [0.2, 0.25) is 0 Å². The summed E-state index contributed by atoms with van der Waals surface area (Å²) >= 11 is 1.65. The zero-order valence-corrected chi connectivity index (χ0v) is 17.5. The Kier molecular flexibility index (Phi) is 7.62. The Labute approximate surface area is 175 Å². The minimum Gasteiger partial charge on any atom is -0.339 e. The number of hydrogen-bond donors (Lipinski definition) is 1. The second-order valence-corrected chi connectivity index (χ2v) is 7.35. The summed E-state index contributed by atoms with van der Waals surface area (Å²) < 4.78 is 0. The Bertz CT molecular complexity index is 893. The molecule has 1 amide bonds. The van der Waals surface area contributed by atoms with E-state index in [1.807, 2.05) is 53.7 Å². The normalized spacial score (nSPS) is 14.5. The molecule has 0 bridgehead atoms. The van der Waals surface area contributed by atoms with E-state index in [0.29, 0.717) is 6.04 Å². The Hall–Kier alpha value is -1.66. The summed E-state index contributed by atoms with van der Waals surface area (Å²) in [5.41, 5.74) is 2.51. The van der Waals surface area contributed by atoms with Gasteiger partial charge in [0.15, 0.2) is 0 Å². The molecule has 4 nitrogen and oxygen atoms in total. The van der Waals surface area contributed by atoms with Crippen molar-refractivity contribution in [1.82, 2.24) is 15.2 Å². The van der Waals surface area contributed by atoms with Gasteiger partial charge in [0, 0.05) is 24.5 Å². The number of carbonyl (C=O) groups excluding carboxylic acids is 1. The highest BCUT2D eigenvalue weighted by molar-refractivity contribution is 7.13. The Morgan fingerprint density at radius 3 is 2.56 bits per heavy atom. The Morgan fingerprint density at radius 1 is 1.15 bits per heavy atom. The third kappa shape index (κ3) is 4.43. The molecule has 1 fully saturated rings. The number of benzene rings is 1. The van der Waals surface area contributed by atoms with Crippen molar-refractivity contribution >= 4 is 53.0 Å². The van der Waals surface area contributed by atoms with Crippen molar-refractivity contribution in [3.05, 3.63) is 53.4 Å². The molecule has 2 aromatic heterocycles. The predicted molar refractivity (Wildman–Crippen MR) is 118 cm³/mol. The molecule has 0 unspecified atom stereocenters. The first-order chi connectivity index (χ1) is 12.3. The van der Waals surface area contributed by atoms with Crippen LogP contribution in [0.15, 0.2) is 47.8 Å². The van der Waals surface area contributed by atoms with Crippen molar-refractivity contribution < 1.29 is 4.79 Å². The van der Waals surface area contributed by atoms with Gasteiger partial charge in [-0.2, -0.15) is 0 Å². The molecule has 1 saturated heterocycles. The molecular weight excluding hydrogens is 401 g/mol. The maximum absolute atomic E-state index is 13.2. The summed E-state index contributed by atoms with van der Waals surface area (Å²) in [5.74, 6) is 0.117. The van der Waals surface area contributed by atoms with Crippen molar-refractivity contribution in [2.24, 2.45) is 0 Å². The third-order valence-corrected chi connectivity index (χ3v) is 5.80. The van der Waals surface area contributed by atoms with Crippen LogP contribution in [-0.4, -0.2) is 42.0 Å². The second-order valence-electron chi connectivity index (χ2n) is 6.40. The summed E-state index contributed by atoms with van der Waals surface area (Å²) in [6.07, 6.45) is 2.01. The largest absolute Gasteiger partial charge is 0.339 e. The maximum atomic E-state index is 13.2. The van der Waals surface area contributed by atoms with Gasteiger partial charge in [-0.25, -0.2) is 4.98 Å². The first-order valence-corrected chi connectivity index (χ1v) is 9.54. The van der Waals surface area contributed by atoms with E-state index >= 15 is 0 Å². The van der Waals surface area contributed by atoms with Crippen LogP contribution in [0, 0.1) is 0 Å². The minimum absolute atomic E-state index is 0. The molecule has 7 heteroatoms. The topological polar surface area (TPSA) is 45.2 Å². The number of pyridine rings is 1. The fourth-order valence-corrected chi connectivity index (χ4v) is 4.13. The van der Waals surface area contributed by atoms with Gasteiger partial charge in [-0.3, -0.25) is 4.79 Å². The van der Waals surface area contributed by atoms with Gasteiger partial charge in [-0.15, -0.1) is 36.2 Å². The van der Waals surface area contributed by atoms with Gasteiger partial charge >= 0.3 is 0 Å². The van der Waals surface area contributed by atoms with Gasteiger partial charge < -0.3 is 10.2 Å². The number of carbonyl (C=O) groups is 1. The van der Waals surface area contributed by atoms with Gasteiger partial charge in [0.1, 0.15) is 0 Å². The van der Waals surface area contributed by atoms with E-state index in [-0.39, 0.29) is 30.7 Å². The van der Waals surface area contributed by atoms with E-state index in [1.54, 1.807) is 11.3 Å². The SMILES string of the molecule is CNC1CCN(C(=O)c2cc(-c3cccs3)nc3ccccc23)CC1.Cl.Cl. The average molecular weight is 424 g/mol. The zero-order valence-electron chi connectivity index (χ0n) is 15.1. The number of nitrogens with one attached hydrogen (secondary N) is 1. The quantitative estimate of drug-likeness (QED) is 0.667. The smallest absolute Gasteiger partial charge is 0.254 e.